The maximum absolute atomic E-state index is 5.16. The van der Waals surface area contributed by atoms with E-state index in [1.807, 2.05) is 18.2 Å². The number of rotatable bonds is 7. The molecule has 1 N–H and O–H groups in total. The Morgan fingerprint density at radius 1 is 1.38 bits per heavy atom. The topological polar surface area (TPSA) is 43.4 Å². The van der Waals surface area contributed by atoms with Crippen LogP contribution in [0, 0.1) is 0 Å². The summed E-state index contributed by atoms with van der Waals surface area (Å²) in [6.45, 7) is 2.84. The summed E-state index contributed by atoms with van der Waals surface area (Å²) in [6.07, 6.45) is 2.18. The summed E-state index contributed by atoms with van der Waals surface area (Å²) in [5, 5.41) is 3.34. The Kier molecular flexibility index (Phi) is 5.64. The lowest BCUT2D eigenvalue weighted by Crippen LogP contribution is -2.25. The summed E-state index contributed by atoms with van der Waals surface area (Å²) in [6, 6.07) is 5.98. The van der Waals surface area contributed by atoms with Gasteiger partial charge in [0.2, 0.25) is 5.88 Å². The largest absolute Gasteiger partial charge is 0.481 e. The van der Waals surface area contributed by atoms with E-state index in [-0.39, 0.29) is 0 Å². The molecule has 0 saturated heterocycles. The van der Waals surface area contributed by atoms with Crippen LogP contribution >= 0.6 is 0 Å². The molecule has 90 valence electrons. The highest BCUT2D eigenvalue weighted by molar-refractivity contribution is 5.38. The fourth-order valence-corrected chi connectivity index (χ4v) is 1.56. The average molecular weight is 224 g/mol. The normalized spacial score (nSPS) is 12.2. The summed E-state index contributed by atoms with van der Waals surface area (Å²) in [5.74, 6) is 1.45. The predicted octanol–water partition coefficient (Wildman–Crippen LogP) is 2.32. The van der Waals surface area contributed by atoms with Crippen LogP contribution in [0.15, 0.2) is 18.2 Å². The van der Waals surface area contributed by atoms with Crippen LogP contribution in [0.5, 0.6) is 5.88 Å². The third kappa shape index (κ3) is 4.06. The number of hydrogen-bond acceptors (Lipinski definition) is 4. The Labute approximate surface area is 97.0 Å². The van der Waals surface area contributed by atoms with Gasteiger partial charge in [-0.05, 0) is 12.5 Å². The molecule has 1 aromatic rings. The first-order valence-corrected chi connectivity index (χ1v) is 5.56. The minimum absolute atomic E-state index is 0.301. The Morgan fingerprint density at radius 2 is 2.19 bits per heavy atom. The van der Waals surface area contributed by atoms with E-state index in [1.54, 1.807) is 14.2 Å². The summed E-state index contributed by atoms with van der Waals surface area (Å²) in [4.78, 5) is 4.31. The third-order valence-corrected chi connectivity index (χ3v) is 2.29. The minimum Gasteiger partial charge on any atom is -0.481 e. The van der Waals surface area contributed by atoms with E-state index in [0.717, 1.165) is 18.7 Å². The van der Waals surface area contributed by atoms with Gasteiger partial charge < -0.3 is 14.8 Å². The molecular formula is C12H20N2O2. The number of nitrogens with one attached hydrogen (secondary N) is 1. The lowest BCUT2D eigenvalue weighted by molar-refractivity contribution is 0.182. The van der Waals surface area contributed by atoms with Crippen molar-refractivity contribution in [1.29, 1.82) is 0 Å². The van der Waals surface area contributed by atoms with Crippen LogP contribution in [0.2, 0.25) is 0 Å². The fraction of sp³-hybridized carbons (Fsp3) is 0.583. The molecule has 1 aromatic heterocycles. The molecule has 0 aliphatic carbocycles. The van der Waals surface area contributed by atoms with Crippen LogP contribution in [0.25, 0.3) is 0 Å². The van der Waals surface area contributed by atoms with E-state index in [9.17, 15) is 0 Å². The Hall–Kier alpha value is -1.29. The zero-order valence-electron chi connectivity index (χ0n) is 10.2. The first-order chi connectivity index (χ1) is 7.80. The number of nitrogens with zero attached hydrogens (tertiary/aromatic N) is 1. The van der Waals surface area contributed by atoms with Crippen molar-refractivity contribution in [2.24, 2.45) is 0 Å². The van der Waals surface area contributed by atoms with Gasteiger partial charge in [0.15, 0.2) is 0 Å². The Bertz CT molecular complexity index is 299. The number of aromatic nitrogens is 1. The van der Waals surface area contributed by atoms with Crippen molar-refractivity contribution in [3.8, 4) is 5.88 Å². The first-order valence-electron chi connectivity index (χ1n) is 5.56. The number of ether oxygens (including phenoxy) is 2. The molecule has 0 saturated carbocycles. The highest BCUT2D eigenvalue weighted by Gasteiger charge is 2.08. The summed E-state index contributed by atoms with van der Waals surface area (Å²) in [5.41, 5.74) is 0. The third-order valence-electron chi connectivity index (χ3n) is 2.29. The molecule has 4 nitrogen and oxygen atoms in total. The second kappa shape index (κ2) is 7.06. The zero-order chi connectivity index (χ0) is 11.8. The molecule has 0 aliphatic heterocycles. The van der Waals surface area contributed by atoms with E-state index in [4.69, 9.17) is 9.47 Å². The molecule has 0 spiro atoms. The van der Waals surface area contributed by atoms with Crippen LogP contribution < -0.4 is 10.1 Å². The van der Waals surface area contributed by atoms with E-state index in [1.165, 1.54) is 0 Å². The molecule has 1 atom stereocenters. The molecule has 0 fully saturated rings. The molecular weight excluding hydrogens is 204 g/mol. The molecule has 1 unspecified atom stereocenters. The summed E-state index contributed by atoms with van der Waals surface area (Å²) >= 11 is 0. The van der Waals surface area contributed by atoms with Gasteiger partial charge in [0, 0.05) is 13.2 Å². The molecule has 1 heterocycles. The monoisotopic (exact) mass is 224 g/mol. The lowest BCUT2D eigenvalue weighted by atomic mass is 10.2. The van der Waals surface area contributed by atoms with Crippen molar-refractivity contribution in [3.63, 3.8) is 0 Å². The molecule has 0 amide bonds. The molecule has 0 radical (unpaired) electrons. The Morgan fingerprint density at radius 3 is 2.81 bits per heavy atom. The van der Waals surface area contributed by atoms with Crippen molar-refractivity contribution < 1.29 is 9.47 Å². The fourth-order valence-electron chi connectivity index (χ4n) is 1.56. The molecule has 16 heavy (non-hydrogen) atoms. The molecule has 0 bridgehead atoms. The SMILES string of the molecule is CCCC(COC)Nc1cccc(OC)n1. The van der Waals surface area contributed by atoms with Gasteiger partial charge in [-0.25, -0.2) is 0 Å². The maximum Gasteiger partial charge on any atom is 0.214 e. The molecule has 0 aliphatic rings. The van der Waals surface area contributed by atoms with E-state index in [0.29, 0.717) is 18.5 Å². The molecule has 1 rings (SSSR count). The standard InChI is InChI=1S/C12H20N2O2/c1-4-6-10(9-15-2)13-11-7-5-8-12(14-11)16-3/h5,7-8,10H,4,6,9H2,1-3H3,(H,13,14). The highest BCUT2D eigenvalue weighted by atomic mass is 16.5. The van der Waals surface area contributed by atoms with Crippen LogP contribution in [0.1, 0.15) is 19.8 Å². The van der Waals surface area contributed by atoms with Crippen LogP contribution in [-0.2, 0) is 4.74 Å². The van der Waals surface area contributed by atoms with Crippen molar-refractivity contribution in [3.05, 3.63) is 18.2 Å². The molecule has 4 heteroatoms. The van der Waals surface area contributed by atoms with Gasteiger partial charge in [-0.2, -0.15) is 4.98 Å². The number of hydrogen-bond donors (Lipinski definition) is 1. The minimum atomic E-state index is 0.301. The average Bonchev–Trinajstić information content (AvgIpc) is 2.30. The van der Waals surface area contributed by atoms with Gasteiger partial charge >= 0.3 is 0 Å². The van der Waals surface area contributed by atoms with Gasteiger partial charge in [-0.15, -0.1) is 0 Å². The smallest absolute Gasteiger partial charge is 0.214 e. The second-order valence-electron chi connectivity index (χ2n) is 3.65. The van der Waals surface area contributed by atoms with Crippen LogP contribution in [0.3, 0.4) is 0 Å². The number of methoxy groups -OCH3 is 2. The first kappa shape index (κ1) is 12.8. The zero-order valence-corrected chi connectivity index (χ0v) is 10.2. The Balaban J connectivity index is 2.60. The predicted molar refractivity (Wildman–Crippen MR) is 65.0 cm³/mol. The lowest BCUT2D eigenvalue weighted by Gasteiger charge is -2.17. The van der Waals surface area contributed by atoms with Gasteiger partial charge in [-0.3, -0.25) is 0 Å². The molecule has 0 aromatic carbocycles. The summed E-state index contributed by atoms with van der Waals surface area (Å²) in [7, 11) is 3.33. The van der Waals surface area contributed by atoms with E-state index < -0.39 is 0 Å². The second-order valence-corrected chi connectivity index (χ2v) is 3.65. The maximum atomic E-state index is 5.16. The van der Waals surface area contributed by atoms with Gasteiger partial charge in [0.1, 0.15) is 5.82 Å². The van der Waals surface area contributed by atoms with E-state index in [2.05, 4.69) is 17.2 Å². The van der Waals surface area contributed by atoms with Gasteiger partial charge in [0.05, 0.1) is 19.8 Å². The number of anilines is 1. The van der Waals surface area contributed by atoms with Crippen molar-refractivity contribution >= 4 is 5.82 Å². The number of pyridine rings is 1. The summed E-state index contributed by atoms with van der Waals surface area (Å²) < 4.78 is 10.2. The highest BCUT2D eigenvalue weighted by Crippen LogP contribution is 2.13. The quantitative estimate of drug-likeness (QED) is 0.772. The van der Waals surface area contributed by atoms with Crippen LogP contribution in [-0.4, -0.2) is 31.9 Å². The van der Waals surface area contributed by atoms with Crippen molar-refractivity contribution in [2.45, 2.75) is 25.8 Å². The van der Waals surface area contributed by atoms with Crippen molar-refractivity contribution in [2.75, 3.05) is 26.1 Å². The van der Waals surface area contributed by atoms with Crippen LogP contribution in [0.4, 0.5) is 5.82 Å². The van der Waals surface area contributed by atoms with Gasteiger partial charge in [-0.1, -0.05) is 19.4 Å². The van der Waals surface area contributed by atoms with Gasteiger partial charge in [0.25, 0.3) is 0 Å². The van der Waals surface area contributed by atoms with E-state index >= 15 is 0 Å². The van der Waals surface area contributed by atoms with Crippen molar-refractivity contribution in [1.82, 2.24) is 4.98 Å².